The summed E-state index contributed by atoms with van der Waals surface area (Å²) in [6.45, 7) is 2.38. The van der Waals surface area contributed by atoms with E-state index in [0.717, 1.165) is 17.8 Å². The third-order valence-corrected chi connectivity index (χ3v) is 4.48. The summed E-state index contributed by atoms with van der Waals surface area (Å²) in [5.41, 5.74) is 0. The molecule has 3 atom stereocenters. The van der Waals surface area contributed by atoms with Gasteiger partial charge in [0.2, 0.25) is 0 Å². The van der Waals surface area contributed by atoms with Crippen molar-refractivity contribution in [1.82, 2.24) is 0 Å². The molecule has 0 heteroatoms. The first-order chi connectivity index (χ1) is 6.40. The zero-order chi connectivity index (χ0) is 9.10. The molecule has 0 saturated heterocycles. The van der Waals surface area contributed by atoms with Gasteiger partial charge in [0, 0.05) is 0 Å². The van der Waals surface area contributed by atoms with Crippen molar-refractivity contribution < 1.29 is 0 Å². The topological polar surface area (TPSA) is 0 Å². The van der Waals surface area contributed by atoms with Gasteiger partial charge in [-0.1, -0.05) is 51.9 Å². The number of rotatable bonds is 1. The van der Waals surface area contributed by atoms with E-state index < -0.39 is 0 Å². The lowest BCUT2D eigenvalue weighted by Gasteiger charge is -2.34. The van der Waals surface area contributed by atoms with Crippen LogP contribution in [-0.2, 0) is 0 Å². The van der Waals surface area contributed by atoms with Gasteiger partial charge in [0.05, 0.1) is 0 Å². The molecule has 0 bridgehead atoms. The molecule has 0 amide bonds. The monoisotopic (exact) mass is 180 g/mol. The fourth-order valence-electron chi connectivity index (χ4n) is 3.52. The minimum absolute atomic E-state index is 1.08. The van der Waals surface area contributed by atoms with Crippen LogP contribution >= 0.6 is 0 Å². The first kappa shape index (κ1) is 9.55. The molecule has 2 rings (SSSR count). The summed E-state index contributed by atoms with van der Waals surface area (Å²) < 4.78 is 0. The van der Waals surface area contributed by atoms with Crippen LogP contribution < -0.4 is 0 Å². The van der Waals surface area contributed by atoms with Crippen molar-refractivity contribution in [1.29, 1.82) is 0 Å². The minimum Gasteiger partial charge on any atom is -0.0651 e. The molecule has 2 saturated carbocycles. The van der Waals surface area contributed by atoms with Gasteiger partial charge in [-0.3, -0.25) is 0 Å². The fourth-order valence-corrected chi connectivity index (χ4v) is 3.52. The molecule has 0 nitrogen and oxygen atoms in total. The van der Waals surface area contributed by atoms with E-state index in [2.05, 4.69) is 6.92 Å². The second-order valence-electron chi connectivity index (χ2n) is 5.25. The average Bonchev–Trinajstić information content (AvgIpc) is 2.41. The maximum atomic E-state index is 2.38. The Hall–Kier alpha value is 0. The Balaban J connectivity index is 1.91. The first-order valence-corrected chi connectivity index (χ1v) is 6.40. The first-order valence-electron chi connectivity index (χ1n) is 6.40. The van der Waals surface area contributed by atoms with Crippen molar-refractivity contribution in [2.75, 3.05) is 0 Å². The van der Waals surface area contributed by atoms with Crippen LogP contribution in [0, 0.1) is 17.8 Å². The summed E-state index contributed by atoms with van der Waals surface area (Å²) in [5.74, 6) is 3.34. The van der Waals surface area contributed by atoms with Crippen molar-refractivity contribution in [2.24, 2.45) is 17.8 Å². The highest BCUT2D eigenvalue weighted by Gasteiger charge is 2.30. The van der Waals surface area contributed by atoms with Gasteiger partial charge in [-0.05, 0) is 30.6 Å². The summed E-state index contributed by atoms with van der Waals surface area (Å²) in [7, 11) is 0. The van der Waals surface area contributed by atoms with Crippen LogP contribution in [-0.4, -0.2) is 0 Å². The molecule has 0 N–H and O–H groups in total. The quantitative estimate of drug-likeness (QED) is 0.561. The Morgan fingerprint density at radius 3 is 2.38 bits per heavy atom. The zero-order valence-corrected chi connectivity index (χ0v) is 9.10. The minimum atomic E-state index is 1.08. The molecule has 0 heterocycles. The van der Waals surface area contributed by atoms with E-state index in [1.54, 1.807) is 25.7 Å². The lowest BCUT2D eigenvalue weighted by atomic mass is 9.71. The van der Waals surface area contributed by atoms with Crippen molar-refractivity contribution in [3.63, 3.8) is 0 Å². The lowest BCUT2D eigenvalue weighted by molar-refractivity contribution is 0.167. The molecule has 0 spiro atoms. The van der Waals surface area contributed by atoms with Crippen molar-refractivity contribution in [3.05, 3.63) is 0 Å². The normalized spacial score (nSPS) is 40.8. The van der Waals surface area contributed by atoms with Gasteiger partial charge in [-0.25, -0.2) is 0 Å². The Kier molecular flexibility index (Phi) is 3.29. The van der Waals surface area contributed by atoms with Crippen LogP contribution in [0.1, 0.15) is 64.7 Å². The van der Waals surface area contributed by atoms with Crippen LogP contribution in [0.5, 0.6) is 0 Å². The van der Waals surface area contributed by atoms with E-state index in [1.807, 2.05) is 0 Å². The summed E-state index contributed by atoms with van der Waals surface area (Å²) in [6.07, 6.45) is 13.8. The van der Waals surface area contributed by atoms with E-state index in [0.29, 0.717) is 0 Å². The van der Waals surface area contributed by atoms with Crippen LogP contribution in [0.15, 0.2) is 0 Å². The lowest BCUT2D eigenvalue weighted by Crippen LogP contribution is -2.23. The van der Waals surface area contributed by atoms with Crippen LogP contribution in [0.3, 0.4) is 0 Å². The van der Waals surface area contributed by atoms with Gasteiger partial charge < -0.3 is 0 Å². The van der Waals surface area contributed by atoms with Gasteiger partial charge in [0.15, 0.2) is 0 Å². The Morgan fingerprint density at radius 1 is 0.846 bits per heavy atom. The van der Waals surface area contributed by atoms with Gasteiger partial charge in [-0.15, -0.1) is 0 Å². The molecular formula is C13H24. The van der Waals surface area contributed by atoms with Crippen molar-refractivity contribution in [2.45, 2.75) is 64.7 Å². The van der Waals surface area contributed by atoms with Gasteiger partial charge in [0.1, 0.15) is 0 Å². The molecule has 3 unspecified atom stereocenters. The SMILES string of the molecule is CCC1CCC2CCCCCC2C1. The Bertz CT molecular complexity index is 150. The second kappa shape index (κ2) is 4.48. The van der Waals surface area contributed by atoms with Gasteiger partial charge in [-0.2, -0.15) is 0 Å². The molecule has 76 valence electrons. The molecule has 0 radical (unpaired) electrons. The smallest absolute Gasteiger partial charge is 0.0383 e. The van der Waals surface area contributed by atoms with Crippen LogP contribution in [0.25, 0.3) is 0 Å². The molecule has 2 aliphatic rings. The molecule has 0 aromatic rings. The average molecular weight is 180 g/mol. The van der Waals surface area contributed by atoms with Crippen molar-refractivity contribution >= 4 is 0 Å². The molecule has 0 aliphatic heterocycles. The molecular weight excluding hydrogens is 156 g/mol. The van der Waals surface area contributed by atoms with E-state index in [-0.39, 0.29) is 0 Å². The third-order valence-electron chi connectivity index (χ3n) is 4.48. The third kappa shape index (κ3) is 2.27. The van der Waals surface area contributed by atoms with E-state index >= 15 is 0 Å². The summed E-state index contributed by atoms with van der Waals surface area (Å²) in [4.78, 5) is 0. The van der Waals surface area contributed by atoms with Crippen LogP contribution in [0.4, 0.5) is 0 Å². The summed E-state index contributed by atoms with van der Waals surface area (Å²) in [5, 5.41) is 0. The fraction of sp³-hybridized carbons (Fsp3) is 1.00. The van der Waals surface area contributed by atoms with Crippen molar-refractivity contribution in [3.8, 4) is 0 Å². The standard InChI is InChI=1S/C13H24/c1-2-11-8-9-12-6-4-3-5-7-13(12)10-11/h11-13H,2-10H2,1H3. The molecule has 0 aromatic carbocycles. The molecule has 0 aromatic heterocycles. The highest BCUT2D eigenvalue weighted by molar-refractivity contribution is 4.81. The second-order valence-corrected chi connectivity index (χ2v) is 5.25. The van der Waals surface area contributed by atoms with Crippen LogP contribution in [0.2, 0.25) is 0 Å². The largest absolute Gasteiger partial charge is 0.0651 e. The highest BCUT2D eigenvalue weighted by Crippen LogP contribution is 2.42. The maximum absolute atomic E-state index is 2.38. The number of hydrogen-bond acceptors (Lipinski definition) is 0. The van der Waals surface area contributed by atoms with E-state index in [4.69, 9.17) is 0 Å². The summed E-state index contributed by atoms with van der Waals surface area (Å²) >= 11 is 0. The number of hydrogen-bond donors (Lipinski definition) is 0. The Morgan fingerprint density at radius 2 is 1.62 bits per heavy atom. The summed E-state index contributed by atoms with van der Waals surface area (Å²) in [6, 6.07) is 0. The molecule has 2 aliphatic carbocycles. The predicted octanol–water partition coefficient (Wildman–Crippen LogP) is 4.39. The predicted molar refractivity (Wildman–Crippen MR) is 57.7 cm³/mol. The molecule has 13 heavy (non-hydrogen) atoms. The molecule has 2 fully saturated rings. The van der Waals surface area contributed by atoms with E-state index in [1.165, 1.54) is 32.1 Å². The number of fused-ring (bicyclic) bond motifs is 1. The van der Waals surface area contributed by atoms with E-state index in [9.17, 15) is 0 Å². The van der Waals surface area contributed by atoms with Gasteiger partial charge in [0.25, 0.3) is 0 Å². The maximum Gasteiger partial charge on any atom is -0.0383 e. The zero-order valence-electron chi connectivity index (χ0n) is 9.10. The highest BCUT2D eigenvalue weighted by atomic mass is 14.4. The van der Waals surface area contributed by atoms with Gasteiger partial charge >= 0.3 is 0 Å². The Labute approximate surface area is 83.1 Å².